The number of carbonyl (C=O) groups is 2. The summed E-state index contributed by atoms with van der Waals surface area (Å²) in [5, 5.41) is 8.96. The molecule has 1 aromatic rings. The first kappa shape index (κ1) is 14.1. The van der Waals surface area contributed by atoms with Crippen molar-refractivity contribution >= 4 is 11.9 Å². The molecule has 0 bridgehead atoms. The summed E-state index contributed by atoms with van der Waals surface area (Å²) in [6, 6.07) is 10.6. The maximum absolute atomic E-state index is 12.4. The van der Waals surface area contributed by atoms with Crippen LogP contribution in [-0.4, -0.2) is 34.5 Å². The summed E-state index contributed by atoms with van der Waals surface area (Å²) in [5.74, 6) is -1.46. The van der Waals surface area contributed by atoms with E-state index in [1.54, 1.807) is 0 Å². The Balaban J connectivity index is 1.56. The molecule has 1 aromatic carbocycles. The molecule has 21 heavy (non-hydrogen) atoms. The summed E-state index contributed by atoms with van der Waals surface area (Å²) in [6.07, 6.45) is 4.55. The van der Waals surface area contributed by atoms with Gasteiger partial charge in [-0.25, -0.2) is 0 Å². The van der Waals surface area contributed by atoms with E-state index in [4.69, 9.17) is 5.11 Å². The van der Waals surface area contributed by atoms with Gasteiger partial charge in [0.25, 0.3) is 0 Å². The van der Waals surface area contributed by atoms with Crippen LogP contribution in [0.1, 0.15) is 31.2 Å². The van der Waals surface area contributed by atoms with E-state index in [9.17, 15) is 9.59 Å². The zero-order valence-electron chi connectivity index (χ0n) is 12.1. The van der Waals surface area contributed by atoms with Crippen LogP contribution in [-0.2, 0) is 16.0 Å². The lowest BCUT2D eigenvalue weighted by atomic mass is 10.0. The number of nitrogens with zero attached hydrogens (tertiary/aromatic N) is 1. The molecule has 1 saturated carbocycles. The topological polar surface area (TPSA) is 57.6 Å². The highest BCUT2D eigenvalue weighted by molar-refractivity contribution is 5.89. The molecule has 2 fully saturated rings. The largest absolute Gasteiger partial charge is 0.481 e. The van der Waals surface area contributed by atoms with Crippen LogP contribution in [0.3, 0.4) is 0 Å². The monoisotopic (exact) mass is 287 g/mol. The van der Waals surface area contributed by atoms with Gasteiger partial charge in [0.2, 0.25) is 5.91 Å². The first-order chi connectivity index (χ1) is 10.2. The number of amides is 1. The molecule has 1 aliphatic heterocycles. The van der Waals surface area contributed by atoms with E-state index in [1.165, 1.54) is 5.56 Å². The third-order valence-electron chi connectivity index (χ3n) is 4.69. The van der Waals surface area contributed by atoms with Crippen molar-refractivity contribution in [3.8, 4) is 0 Å². The van der Waals surface area contributed by atoms with Gasteiger partial charge in [-0.3, -0.25) is 9.59 Å². The number of carbonyl (C=O) groups excluding carboxylic acids is 1. The summed E-state index contributed by atoms with van der Waals surface area (Å²) < 4.78 is 0. The Morgan fingerprint density at radius 2 is 1.95 bits per heavy atom. The molecule has 4 nitrogen and oxygen atoms in total. The third-order valence-corrected chi connectivity index (χ3v) is 4.69. The molecule has 1 N–H and O–H groups in total. The molecule has 0 aromatic heterocycles. The maximum atomic E-state index is 12.4. The van der Waals surface area contributed by atoms with Gasteiger partial charge in [-0.05, 0) is 37.7 Å². The van der Waals surface area contributed by atoms with Crippen molar-refractivity contribution in [1.82, 2.24) is 4.90 Å². The van der Waals surface area contributed by atoms with Crippen LogP contribution in [0.15, 0.2) is 30.3 Å². The number of hydrogen-bond donors (Lipinski definition) is 1. The van der Waals surface area contributed by atoms with E-state index in [1.807, 2.05) is 23.1 Å². The Morgan fingerprint density at radius 3 is 2.62 bits per heavy atom. The summed E-state index contributed by atoms with van der Waals surface area (Å²) >= 11 is 0. The molecule has 3 atom stereocenters. The van der Waals surface area contributed by atoms with Gasteiger partial charge in [0.05, 0.1) is 11.8 Å². The van der Waals surface area contributed by atoms with Gasteiger partial charge in [0.1, 0.15) is 0 Å². The summed E-state index contributed by atoms with van der Waals surface area (Å²) in [7, 11) is 0. The normalized spacial score (nSPS) is 27.6. The second kappa shape index (κ2) is 5.88. The van der Waals surface area contributed by atoms with Gasteiger partial charge < -0.3 is 10.0 Å². The molecule has 1 heterocycles. The highest BCUT2D eigenvalue weighted by Crippen LogP contribution is 2.41. The van der Waals surface area contributed by atoms with Crippen molar-refractivity contribution in [2.45, 2.75) is 38.1 Å². The minimum absolute atomic E-state index is 0.0676. The smallest absolute Gasteiger partial charge is 0.307 e. The standard InChI is InChI=1S/C17H21NO3/c19-16(14-11-15(14)17(20)21)18-10-4-7-13(18)9-8-12-5-2-1-3-6-12/h1-3,5-6,13-15H,4,7-11H2,(H,20,21). The highest BCUT2D eigenvalue weighted by atomic mass is 16.4. The SMILES string of the molecule is O=C(O)C1CC1C(=O)N1CCCC1CCc1ccccc1. The third kappa shape index (κ3) is 3.09. The van der Waals surface area contributed by atoms with Crippen LogP contribution in [0.4, 0.5) is 0 Å². The molecule has 1 saturated heterocycles. The summed E-state index contributed by atoms with van der Waals surface area (Å²) in [6.45, 7) is 0.793. The van der Waals surface area contributed by atoms with Crippen LogP contribution >= 0.6 is 0 Å². The van der Waals surface area contributed by atoms with Gasteiger partial charge in [-0.1, -0.05) is 30.3 Å². The van der Waals surface area contributed by atoms with Gasteiger partial charge in [0, 0.05) is 12.6 Å². The Labute approximate surface area is 124 Å². The van der Waals surface area contributed by atoms with Gasteiger partial charge in [-0.2, -0.15) is 0 Å². The van der Waals surface area contributed by atoms with E-state index in [0.717, 1.165) is 32.2 Å². The lowest BCUT2D eigenvalue weighted by molar-refractivity contribution is -0.142. The van der Waals surface area contributed by atoms with Crippen molar-refractivity contribution in [1.29, 1.82) is 0 Å². The Bertz CT molecular complexity index is 528. The lowest BCUT2D eigenvalue weighted by Gasteiger charge is -2.25. The molecule has 0 spiro atoms. The van der Waals surface area contributed by atoms with E-state index >= 15 is 0 Å². The molecule has 1 amide bonds. The predicted molar refractivity (Wildman–Crippen MR) is 78.7 cm³/mol. The summed E-state index contributed by atoms with van der Waals surface area (Å²) in [4.78, 5) is 25.3. The second-order valence-electron chi connectivity index (χ2n) is 6.14. The van der Waals surface area contributed by atoms with Crippen LogP contribution < -0.4 is 0 Å². The maximum Gasteiger partial charge on any atom is 0.307 e. The average Bonchev–Trinajstić information content (AvgIpc) is 3.17. The molecule has 3 rings (SSSR count). The zero-order chi connectivity index (χ0) is 14.8. The van der Waals surface area contributed by atoms with E-state index in [0.29, 0.717) is 6.42 Å². The molecule has 1 aliphatic carbocycles. The number of benzene rings is 1. The predicted octanol–water partition coefficient (Wildman–Crippen LogP) is 2.33. The number of carboxylic acid groups (broad SMARTS) is 1. The average molecular weight is 287 g/mol. The van der Waals surface area contributed by atoms with E-state index < -0.39 is 11.9 Å². The Hall–Kier alpha value is -1.84. The van der Waals surface area contributed by atoms with E-state index in [-0.39, 0.29) is 17.9 Å². The van der Waals surface area contributed by atoms with Crippen molar-refractivity contribution in [2.75, 3.05) is 6.54 Å². The molecular formula is C17H21NO3. The Kier molecular flexibility index (Phi) is 3.95. The number of hydrogen-bond acceptors (Lipinski definition) is 2. The van der Waals surface area contributed by atoms with Crippen molar-refractivity contribution in [3.63, 3.8) is 0 Å². The number of rotatable bonds is 5. The fraction of sp³-hybridized carbons (Fsp3) is 0.529. The number of carboxylic acids is 1. The van der Waals surface area contributed by atoms with Crippen molar-refractivity contribution < 1.29 is 14.7 Å². The number of likely N-dealkylation sites (tertiary alicyclic amines) is 1. The minimum Gasteiger partial charge on any atom is -0.481 e. The first-order valence-electron chi connectivity index (χ1n) is 7.74. The molecule has 3 unspecified atom stereocenters. The molecular weight excluding hydrogens is 266 g/mol. The van der Waals surface area contributed by atoms with Crippen molar-refractivity contribution in [2.24, 2.45) is 11.8 Å². The molecule has 2 aliphatic rings. The number of aliphatic carboxylic acids is 1. The minimum atomic E-state index is -0.826. The van der Waals surface area contributed by atoms with E-state index in [2.05, 4.69) is 12.1 Å². The van der Waals surface area contributed by atoms with Crippen LogP contribution in [0.5, 0.6) is 0 Å². The lowest BCUT2D eigenvalue weighted by Crippen LogP contribution is -2.37. The van der Waals surface area contributed by atoms with Crippen LogP contribution in [0.2, 0.25) is 0 Å². The fourth-order valence-electron chi connectivity index (χ4n) is 3.36. The molecule has 4 heteroatoms. The number of aryl methyl sites for hydroxylation is 1. The molecule has 112 valence electrons. The van der Waals surface area contributed by atoms with Crippen LogP contribution in [0.25, 0.3) is 0 Å². The van der Waals surface area contributed by atoms with Gasteiger partial charge in [-0.15, -0.1) is 0 Å². The van der Waals surface area contributed by atoms with Crippen LogP contribution in [0, 0.1) is 11.8 Å². The fourth-order valence-corrected chi connectivity index (χ4v) is 3.36. The Morgan fingerprint density at radius 1 is 1.19 bits per heavy atom. The molecule has 0 radical (unpaired) electrons. The van der Waals surface area contributed by atoms with Crippen molar-refractivity contribution in [3.05, 3.63) is 35.9 Å². The quantitative estimate of drug-likeness (QED) is 0.904. The second-order valence-corrected chi connectivity index (χ2v) is 6.14. The summed E-state index contributed by atoms with van der Waals surface area (Å²) in [5.41, 5.74) is 1.30. The zero-order valence-corrected chi connectivity index (χ0v) is 12.1. The highest BCUT2D eigenvalue weighted by Gasteiger charge is 2.51. The first-order valence-corrected chi connectivity index (χ1v) is 7.74. The van der Waals surface area contributed by atoms with Gasteiger partial charge >= 0.3 is 5.97 Å². The van der Waals surface area contributed by atoms with Gasteiger partial charge in [0.15, 0.2) is 0 Å².